The molecule has 79 heavy (non-hydrogen) atoms. The number of hydrogen-bond acceptors (Lipinski definition) is 6. The molecule has 0 rings (SSSR count). The van der Waals surface area contributed by atoms with Crippen LogP contribution in [0, 0.1) is 0 Å². The SMILES string of the molecule is CC/C=C\C/C=C\C/C=C\C/C=C\C/C=C\C/C=C\CCCCCCCCC(=O)OCC(COC(=O)CCCCCCC/C=C\C/C=C\CCCCC)OC(=O)CCCCCCCCCC/C=C\C/C=C\C/C=C\C/C=C\CC. The van der Waals surface area contributed by atoms with Gasteiger partial charge in [0.05, 0.1) is 0 Å². The highest BCUT2D eigenvalue weighted by atomic mass is 16.6. The molecule has 0 aromatic rings. The van der Waals surface area contributed by atoms with Gasteiger partial charge in [-0.25, -0.2) is 0 Å². The zero-order chi connectivity index (χ0) is 57.1. The Labute approximate surface area is 487 Å². The van der Waals surface area contributed by atoms with Crippen molar-refractivity contribution in [2.24, 2.45) is 0 Å². The third-order valence-electron chi connectivity index (χ3n) is 13.3. The minimum atomic E-state index is -0.803. The zero-order valence-electron chi connectivity index (χ0n) is 51.1. The van der Waals surface area contributed by atoms with Crippen LogP contribution in [0.2, 0.25) is 0 Å². The van der Waals surface area contributed by atoms with Crippen LogP contribution >= 0.6 is 0 Å². The van der Waals surface area contributed by atoms with E-state index in [-0.39, 0.29) is 31.1 Å². The Morgan fingerprint density at radius 3 is 0.772 bits per heavy atom. The number of hydrogen-bond donors (Lipinski definition) is 0. The molecule has 0 aliphatic carbocycles. The van der Waals surface area contributed by atoms with Gasteiger partial charge in [-0.2, -0.15) is 0 Å². The van der Waals surface area contributed by atoms with E-state index >= 15 is 0 Å². The summed E-state index contributed by atoms with van der Waals surface area (Å²) in [5, 5.41) is 0. The fraction of sp³-hybridized carbons (Fsp3) is 0.630. The first kappa shape index (κ1) is 74.3. The monoisotopic (exact) mass is 1090 g/mol. The lowest BCUT2D eigenvalue weighted by atomic mass is 10.1. The molecule has 0 bridgehead atoms. The van der Waals surface area contributed by atoms with Gasteiger partial charge in [0, 0.05) is 19.3 Å². The molecule has 0 aromatic carbocycles. The first-order chi connectivity index (χ1) is 39.0. The summed E-state index contributed by atoms with van der Waals surface area (Å²) in [6, 6.07) is 0. The summed E-state index contributed by atoms with van der Waals surface area (Å²) >= 11 is 0. The molecule has 0 aromatic heterocycles. The second-order valence-corrected chi connectivity index (χ2v) is 20.9. The van der Waals surface area contributed by atoms with E-state index < -0.39 is 6.10 Å². The summed E-state index contributed by atoms with van der Waals surface area (Å²) < 4.78 is 16.9. The number of carbonyl (C=O) groups is 3. The number of ether oxygens (including phenoxy) is 3. The topological polar surface area (TPSA) is 78.9 Å². The third kappa shape index (κ3) is 64.0. The molecule has 0 amide bonds. The number of esters is 3. The molecule has 0 radical (unpaired) electrons. The van der Waals surface area contributed by atoms with Crippen molar-refractivity contribution in [1.29, 1.82) is 0 Å². The number of carbonyl (C=O) groups excluding carboxylic acids is 3. The summed E-state index contributed by atoms with van der Waals surface area (Å²) in [5.41, 5.74) is 0. The normalized spacial score (nSPS) is 13.1. The predicted octanol–water partition coefficient (Wildman–Crippen LogP) is 22.3. The van der Waals surface area contributed by atoms with E-state index in [4.69, 9.17) is 14.2 Å². The van der Waals surface area contributed by atoms with Gasteiger partial charge in [-0.1, -0.05) is 263 Å². The van der Waals surface area contributed by atoms with Crippen LogP contribution in [0.3, 0.4) is 0 Å². The summed E-state index contributed by atoms with van der Waals surface area (Å²) in [4.78, 5) is 38.4. The van der Waals surface area contributed by atoms with Gasteiger partial charge in [-0.15, -0.1) is 0 Å². The largest absolute Gasteiger partial charge is 0.462 e. The smallest absolute Gasteiger partial charge is 0.306 e. The molecule has 1 unspecified atom stereocenters. The Balaban J connectivity index is 4.45. The first-order valence-electron chi connectivity index (χ1n) is 32.3. The van der Waals surface area contributed by atoms with Crippen molar-refractivity contribution >= 4 is 17.9 Å². The van der Waals surface area contributed by atoms with Crippen LogP contribution in [0.5, 0.6) is 0 Å². The quantitative estimate of drug-likeness (QED) is 0.0261. The molecule has 1 atom stereocenters. The maximum Gasteiger partial charge on any atom is 0.306 e. The fourth-order valence-electron chi connectivity index (χ4n) is 8.53. The molecule has 6 nitrogen and oxygen atoms in total. The minimum absolute atomic E-state index is 0.0982. The van der Waals surface area contributed by atoms with E-state index in [2.05, 4.69) is 167 Å². The molecular formula is C73H118O6. The summed E-state index contributed by atoms with van der Waals surface area (Å²) in [5.74, 6) is -0.933. The average molecular weight is 1090 g/mol. The molecule has 446 valence electrons. The van der Waals surface area contributed by atoms with Crippen molar-refractivity contribution in [2.45, 2.75) is 284 Å². The highest BCUT2D eigenvalue weighted by molar-refractivity contribution is 5.71. The van der Waals surface area contributed by atoms with Crippen LogP contribution in [-0.4, -0.2) is 37.2 Å². The van der Waals surface area contributed by atoms with Crippen LogP contribution in [0.4, 0.5) is 0 Å². The number of allylic oxidation sites excluding steroid dienone is 24. The molecule has 0 heterocycles. The van der Waals surface area contributed by atoms with E-state index in [1.807, 2.05) is 0 Å². The summed E-state index contributed by atoms with van der Waals surface area (Å²) in [7, 11) is 0. The van der Waals surface area contributed by atoms with Crippen molar-refractivity contribution in [1.82, 2.24) is 0 Å². The van der Waals surface area contributed by atoms with Crippen LogP contribution < -0.4 is 0 Å². The van der Waals surface area contributed by atoms with Gasteiger partial charge >= 0.3 is 17.9 Å². The van der Waals surface area contributed by atoms with Crippen LogP contribution in [-0.2, 0) is 28.6 Å². The maximum atomic E-state index is 12.9. The van der Waals surface area contributed by atoms with Gasteiger partial charge in [0.1, 0.15) is 13.2 Å². The van der Waals surface area contributed by atoms with Gasteiger partial charge in [-0.3, -0.25) is 14.4 Å². The van der Waals surface area contributed by atoms with E-state index in [9.17, 15) is 14.4 Å². The average Bonchev–Trinajstić information content (AvgIpc) is 3.45. The van der Waals surface area contributed by atoms with Crippen molar-refractivity contribution in [3.63, 3.8) is 0 Å². The highest BCUT2D eigenvalue weighted by Gasteiger charge is 2.19. The fourth-order valence-corrected chi connectivity index (χ4v) is 8.53. The van der Waals surface area contributed by atoms with Crippen LogP contribution in [0.1, 0.15) is 278 Å². The Morgan fingerprint density at radius 2 is 0.494 bits per heavy atom. The van der Waals surface area contributed by atoms with Gasteiger partial charge in [-0.05, 0) is 141 Å². The van der Waals surface area contributed by atoms with Gasteiger partial charge < -0.3 is 14.2 Å². The van der Waals surface area contributed by atoms with Gasteiger partial charge in [0.25, 0.3) is 0 Å². The number of unbranched alkanes of at least 4 members (excludes halogenated alkanes) is 22. The zero-order valence-corrected chi connectivity index (χ0v) is 51.1. The van der Waals surface area contributed by atoms with Gasteiger partial charge in [0.15, 0.2) is 6.10 Å². The second kappa shape index (κ2) is 65.8. The van der Waals surface area contributed by atoms with Gasteiger partial charge in [0.2, 0.25) is 0 Å². The van der Waals surface area contributed by atoms with E-state index in [1.165, 1.54) is 70.6 Å². The Bertz CT molecular complexity index is 1730. The molecule has 0 spiro atoms. The molecule has 0 aliphatic heterocycles. The van der Waals surface area contributed by atoms with Crippen LogP contribution in [0.25, 0.3) is 0 Å². The highest BCUT2D eigenvalue weighted by Crippen LogP contribution is 2.15. The molecule has 0 fully saturated rings. The van der Waals surface area contributed by atoms with E-state index in [0.29, 0.717) is 19.3 Å². The molecule has 6 heteroatoms. The van der Waals surface area contributed by atoms with Crippen molar-refractivity contribution < 1.29 is 28.6 Å². The Kier molecular flexibility index (Phi) is 61.9. The minimum Gasteiger partial charge on any atom is -0.462 e. The summed E-state index contributed by atoms with van der Waals surface area (Å²) in [6.07, 6.45) is 94.1. The molecule has 0 N–H and O–H groups in total. The van der Waals surface area contributed by atoms with Crippen LogP contribution in [0.15, 0.2) is 146 Å². The molecule has 0 aliphatic rings. The van der Waals surface area contributed by atoms with Crippen molar-refractivity contribution in [3.8, 4) is 0 Å². The maximum absolute atomic E-state index is 12.9. The predicted molar refractivity (Wildman–Crippen MR) is 343 cm³/mol. The Morgan fingerprint density at radius 1 is 0.266 bits per heavy atom. The molecule has 0 saturated heterocycles. The third-order valence-corrected chi connectivity index (χ3v) is 13.3. The second-order valence-electron chi connectivity index (χ2n) is 20.9. The lowest BCUT2D eigenvalue weighted by Gasteiger charge is -2.18. The standard InChI is InChI=1S/C73H118O6/c1-4-7-10-13-16-19-22-25-28-30-32-34-35-36-37-39-40-42-45-48-51-54-57-60-63-66-72(75)78-69-70(68-77-71(74)65-62-59-56-53-50-47-44-27-24-21-18-15-12-9-6-3)79-73(76)67-64-61-58-55-52-49-46-43-41-38-33-31-29-26-23-20-17-14-11-8-5-2/h7-8,10-11,16-21,25-29,32-34,36-38,40,42,44,70H,4-6,9,12-15,22-24,30-31,35,39,41,43,45-69H2,1-3H3/b10-7-,11-8-,19-16-,20-17-,21-18-,28-25-,29-26-,34-32-,37-36-,38-33-,42-40-,44-27-. The number of rotatable bonds is 57. The lowest BCUT2D eigenvalue weighted by Crippen LogP contribution is -2.30. The van der Waals surface area contributed by atoms with E-state index in [0.717, 1.165) is 167 Å². The van der Waals surface area contributed by atoms with Crippen molar-refractivity contribution in [3.05, 3.63) is 146 Å². The lowest BCUT2D eigenvalue weighted by molar-refractivity contribution is -0.167. The summed E-state index contributed by atoms with van der Waals surface area (Å²) in [6.45, 7) is 6.36. The Hall–Kier alpha value is -4.71. The van der Waals surface area contributed by atoms with Crippen molar-refractivity contribution in [2.75, 3.05) is 13.2 Å². The first-order valence-corrected chi connectivity index (χ1v) is 32.3. The molecule has 0 saturated carbocycles. The molecular weight excluding hydrogens is 973 g/mol. The van der Waals surface area contributed by atoms with E-state index in [1.54, 1.807) is 0 Å².